The van der Waals surface area contributed by atoms with Gasteiger partial charge in [0, 0.05) is 4.91 Å². The molecule has 0 radical (unpaired) electrons. The summed E-state index contributed by atoms with van der Waals surface area (Å²) in [5, 5.41) is 24.4. The number of rotatable bonds is 3. The third-order valence-corrected chi connectivity index (χ3v) is 9.06. The highest BCUT2D eigenvalue weighted by Gasteiger charge is 2.61. The first-order valence-electron chi connectivity index (χ1n) is 6.94. The third kappa shape index (κ3) is 2.70. The molecule has 120 valence electrons. The van der Waals surface area contributed by atoms with Crippen molar-refractivity contribution in [2.75, 3.05) is 6.61 Å². The van der Waals surface area contributed by atoms with Crippen LogP contribution < -0.4 is 0 Å². The maximum Gasteiger partial charge on any atom is 0.222 e. The second-order valence-electron chi connectivity index (χ2n) is 7.10. The minimum absolute atomic E-state index is 0.123. The molecule has 8 nitrogen and oxygen atoms in total. The molecule has 0 aromatic carbocycles. The van der Waals surface area contributed by atoms with Crippen LogP contribution in [0.3, 0.4) is 0 Å². The minimum atomic E-state index is -2.30. The normalized spacial score (nSPS) is 40.0. The molecule has 0 saturated carbocycles. The fourth-order valence-electron chi connectivity index (χ4n) is 2.23. The van der Waals surface area contributed by atoms with Crippen molar-refractivity contribution in [3.8, 4) is 0 Å². The van der Waals surface area contributed by atoms with E-state index in [4.69, 9.17) is 19.4 Å². The minimum Gasteiger partial charge on any atom is -0.408 e. The molecular weight excluding hydrogens is 294 g/mol. The van der Waals surface area contributed by atoms with Crippen LogP contribution in [0.4, 0.5) is 0 Å². The summed E-state index contributed by atoms with van der Waals surface area (Å²) in [7, 11) is -2.30. The van der Waals surface area contributed by atoms with Crippen LogP contribution in [0.25, 0.3) is 10.4 Å². The van der Waals surface area contributed by atoms with Crippen LogP contribution >= 0.6 is 0 Å². The van der Waals surface area contributed by atoms with Gasteiger partial charge >= 0.3 is 0 Å². The lowest BCUT2D eigenvalue weighted by atomic mass is 9.96. The van der Waals surface area contributed by atoms with Crippen LogP contribution in [0.15, 0.2) is 5.11 Å². The van der Waals surface area contributed by atoms with E-state index in [2.05, 4.69) is 10.0 Å². The molecule has 2 rings (SSSR count). The quantitative estimate of drug-likeness (QED) is 0.354. The summed E-state index contributed by atoms with van der Waals surface area (Å²) in [6, 6.07) is 0. The van der Waals surface area contributed by atoms with Gasteiger partial charge in [-0.05, 0) is 23.7 Å². The molecule has 0 amide bonds. The van der Waals surface area contributed by atoms with E-state index in [0.29, 0.717) is 0 Å². The zero-order valence-corrected chi connectivity index (χ0v) is 14.0. The molecule has 2 saturated heterocycles. The van der Waals surface area contributed by atoms with Gasteiger partial charge in [0.1, 0.15) is 18.3 Å². The van der Waals surface area contributed by atoms with E-state index in [0.717, 1.165) is 0 Å². The summed E-state index contributed by atoms with van der Waals surface area (Å²) in [5.41, 5.74) is 6.66. The Labute approximate surface area is 124 Å². The highest BCUT2D eigenvalue weighted by molar-refractivity contribution is 6.74. The van der Waals surface area contributed by atoms with Gasteiger partial charge in [-0.3, -0.25) is 0 Å². The van der Waals surface area contributed by atoms with Crippen molar-refractivity contribution in [2.24, 2.45) is 5.11 Å². The van der Waals surface area contributed by atoms with E-state index in [1.54, 1.807) is 0 Å². The Kier molecular flexibility index (Phi) is 4.13. The van der Waals surface area contributed by atoms with Gasteiger partial charge in [-0.2, -0.15) is 0 Å². The molecular formula is C12H23N3O5Si. The van der Waals surface area contributed by atoms with Gasteiger partial charge in [0.25, 0.3) is 0 Å². The molecule has 2 fully saturated rings. The van der Waals surface area contributed by atoms with Gasteiger partial charge < -0.3 is 24.1 Å². The van der Waals surface area contributed by atoms with Crippen molar-refractivity contribution in [2.45, 2.75) is 69.2 Å². The largest absolute Gasteiger partial charge is 0.408 e. The molecule has 2 N–H and O–H groups in total. The first-order chi connectivity index (χ1) is 9.53. The summed E-state index contributed by atoms with van der Waals surface area (Å²) in [6.45, 7) is 10.3. The molecule has 2 heterocycles. The first kappa shape index (κ1) is 16.7. The lowest BCUT2D eigenvalue weighted by molar-refractivity contribution is -0.274. The topological polar surface area (TPSA) is 117 Å². The Hall–Kier alpha value is -0.673. The second kappa shape index (κ2) is 5.20. The molecule has 0 unspecified atom stereocenters. The Balaban J connectivity index is 2.36. The fraction of sp³-hybridized carbons (Fsp3) is 1.00. The molecule has 21 heavy (non-hydrogen) atoms. The molecule has 0 aromatic heterocycles. The van der Waals surface area contributed by atoms with Crippen molar-refractivity contribution in [3.63, 3.8) is 0 Å². The van der Waals surface area contributed by atoms with Crippen molar-refractivity contribution >= 4 is 8.32 Å². The summed E-state index contributed by atoms with van der Waals surface area (Å²) in [5.74, 6) is 0. The standard InChI is InChI=1S/C12H23N3O5Si/c1-11(2,3)21(4,5)20-9-8(16)7-6-18-10(19-7)12(9,17)14-15-13/h7-10,16-17H,6H2,1-5H3/t7-,8-,9+,10-,12-/m1/s1. The van der Waals surface area contributed by atoms with Crippen LogP contribution in [0, 0.1) is 0 Å². The summed E-state index contributed by atoms with van der Waals surface area (Å²) in [6.07, 6.45) is -3.88. The van der Waals surface area contributed by atoms with E-state index < -0.39 is 38.6 Å². The Morgan fingerprint density at radius 3 is 2.57 bits per heavy atom. The summed E-state index contributed by atoms with van der Waals surface area (Å²) >= 11 is 0. The van der Waals surface area contributed by atoms with Crippen LogP contribution in [0.5, 0.6) is 0 Å². The lowest BCUT2D eigenvalue weighted by Crippen LogP contribution is -2.65. The van der Waals surface area contributed by atoms with Crippen molar-refractivity contribution in [1.82, 2.24) is 0 Å². The monoisotopic (exact) mass is 317 g/mol. The Bertz CT molecular complexity index is 462. The number of fused-ring (bicyclic) bond motifs is 2. The van der Waals surface area contributed by atoms with E-state index in [-0.39, 0.29) is 11.6 Å². The van der Waals surface area contributed by atoms with Gasteiger partial charge in [0.15, 0.2) is 14.6 Å². The Morgan fingerprint density at radius 1 is 1.43 bits per heavy atom. The number of hydrogen-bond acceptors (Lipinski definition) is 6. The molecule has 0 aliphatic carbocycles. The number of hydrogen-bond donors (Lipinski definition) is 2. The molecule has 2 bridgehead atoms. The number of aliphatic hydroxyl groups excluding tert-OH is 1. The lowest BCUT2D eigenvalue weighted by Gasteiger charge is -2.47. The van der Waals surface area contributed by atoms with E-state index in [9.17, 15) is 10.2 Å². The van der Waals surface area contributed by atoms with Crippen molar-refractivity contribution in [1.29, 1.82) is 0 Å². The van der Waals surface area contributed by atoms with Crippen LogP contribution in [0.2, 0.25) is 18.1 Å². The van der Waals surface area contributed by atoms with Crippen LogP contribution in [-0.4, -0.2) is 55.5 Å². The number of azide groups is 1. The van der Waals surface area contributed by atoms with Gasteiger partial charge in [0.05, 0.1) is 6.61 Å². The van der Waals surface area contributed by atoms with E-state index >= 15 is 0 Å². The Morgan fingerprint density at radius 2 is 2.05 bits per heavy atom. The second-order valence-corrected chi connectivity index (χ2v) is 11.9. The fourth-order valence-corrected chi connectivity index (χ4v) is 3.53. The highest BCUT2D eigenvalue weighted by atomic mass is 28.4. The molecule has 9 heteroatoms. The van der Waals surface area contributed by atoms with Gasteiger partial charge in [-0.1, -0.05) is 25.9 Å². The third-order valence-electron chi connectivity index (χ3n) is 4.60. The van der Waals surface area contributed by atoms with Crippen LogP contribution in [-0.2, 0) is 13.9 Å². The maximum atomic E-state index is 10.7. The van der Waals surface area contributed by atoms with Crippen molar-refractivity contribution < 1.29 is 24.1 Å². The smallest absolute Gasteiger partial charge is 0.222 e. The molecule has 5 atom stereocenters. The number of ether oxygens (including phenoxy) is 2. The number of aliphatic hydroxyl groups is 2. The van der Waals surface area contributed by atoms with Gasteiger partial charge in [-0.15, -0.1) is 0 Å². The van der Waals surface area contributed by atoms with Gasteiger partial charge in [0.2, 0.25) is 5.72 Å². The zero-order chi connectivity index (χ0) is 16.1. The van der Waals surface area contributed by atoms with Crippen LogP contribution in [0.1, 0.15) is 20.8 Å². The average Bonchev–Trinajstić information content (AvgIpc) is 2.80. The van der Waals surface area contributed by atoms with Gasteiger partial charge in [-0.25, -0.2) is 0 Å². The maximum absolute atomic E-state index is 10.7. The zero-order valence-electron chi connectivity index (χ0n) is 13.0. The summed E-state index contributed by atoms with van der Waals surface area (Å²) in [4.78, 5) is 2.66. The van der Waals surface area contributed by atoms with E-state index in [1.165, 1.54) is 0 Å². The van der Waals surface area contributed by atoms with Crippen molar-refractivity contribution in [3.05, 3.63) is 10.4 Å². The van der Waals surface area contributed by atoms with E-state index in [1.807, 2.05) is 33.9 Å². The number of nitrogens with zero attached hydrogens (tertiary/aromatic N) is 3. The molecule has 0 spiro atoms. The molecule has 2 aliphatic heterocycles. The highest BCUT2D eigenvalue weighted by Crippen LogP contribution is 2.44. The average molecular weight is 317 g/mol. The summed E-state index contributed by atoms with van der Waals surface area (Å²) < 4.78 is 16.8. The molecule has 0 aromatic rings. The predicted octanol–water partition coefficient (Wildman–Crippen LogP) is 1.49. The SMILES string of the molecule is CC(C)(C)[Si](C)(C)O[C@H]1[C@H](O)[C@H]2CO[C@H](O2)[C@@]1(O)N=[N+]=[N-]. The predicted molar refractivity (Wildman–Crippen MR) is 76.8 cm³/mol. The molecule has 2 aliphatic rings. The first-order valence-corrected chi connectivity index (χ1v) is 9.85.